The zero-order chi connectivity index (χ0) is 15.7. The summed E-state index contributed by atoms with van der Waals surface area (Å²) < 4.78 is 0. The third-order valence-corrected chi connectivity index (χ3v) is 3.69. The van der Waals surface area contributed by atoms with Crippen molar-refractivity contribution >= 4 is 22.5 Å². The van der Waals surface area contributed by atoms with Crippen LogP contribution in [0.1, 0.15) is 31.8 Å². The van der Waals surface area contributed by atoms with Crippen LogP contribution in [-0.2, 0) is 0 Å². The highest BCUT2D eigenvalue weighted by atomic mass is 16.4. The van der Waals surface area contributed by atoms with Crippen LogP contribution in [0.3, 0.4) is 0 Å². The van der Waals surface area contributed by atoms with E-state index >= 15 is 0 Å². The van der Waals surface area contributed by atoms with Gasteiger partial charge in [-0.2, -0.15) is 0 Å². The van der Waals surface area contributed by atoms with Crippen LogP contribution in [0.25, 0.3) is 10.8 Å². The molecule has 0 fully saturated rings. The number of ketones is 1. The molecule has 0 aliphatic carbocycles. The molecule has 0 saturated heterocycles. The summed E-state index contributed by atoms with van der Waals surface area (Å²) >= 11 is 0. The Labute approximate surface area is 127 Å². The highest BCUT2D eigenvalue weighted by Gasteiger charge is 2.17. The topological polar surface area (TPSA) is 54.4 Å². The number of benzene rings is 3. The number of carbonyl (C=O) groups is 2. The zero-order valence-electron chi connectivity index (χ0n) is 12.0. The zero-order valence-corrected chi connectivity index (χ0v) is 12.0. The Bertz CT molecular complexity index is 872. The van der Waals surface area contributed by atoms with Crippen LogP contribution in [0.15, 0.2) is 60.7 Å². The van der Waals surface area contributed by atoms with Crippen molar-refractivity contribution in [3.05, 3.63) is 82.9 Å². The van der Waals surface area contributed by atoms with Gasteiger partial charge in [0.1, 0.15) is 0 Å². The van der Waals surface area contributed by atoms with E-state index in [-0.39, 0.29) is 11.3 Å². The molecule has 1 N–H and O–H groups in total. The summed E-state index contributed by atoms with van der Waals surface area (Å²) in [5.74, 6) is -1.20. The molecule has 0 aliphatic rings. The molecule has 0 unspecified atom stereocenters. The molecular formula is C19H14O3. The molecule has 3 aromatic rings. The van der Waals surface area contributed by atoms with Crippen molar-refractivity contribution in [3.63, 3.8) is 0 Å². The van der Waals surface area contributed by atoms with Crippen molar-refractivity contribution in [2.45, 2.75) is 6.92 Å². The molecule has 3 rings (SSSR count). The standard InChI is InChI=1S/C19H14O3/c1-12-8-10-14(11-9-12)18(20)15-6-2-4-13-5-3-7-16(17(13)15)19(21)22/h2-11H,1H3,(H,21,22). The third kappa shape index (κ3) is 2.37. The van der Waals surface area contributed by atoms with Crippen LogP contribution in [0.5, 0.6) is 0 Å². The van der Waals surface area contributed by atoms with E-state index in [2.05, 4.69) is 0 Å². The molecule has 0 atom stereocenters. The first-order valence-electron chi connectivity index (χ1n) is 6.94. The molecule has 0 heterocycles. The summed E-state index contributed by atoms with van der Waals surface area (Å²) in [7, 11) is 0. The summed E-state index contributed by atoms with van der Waals surface area (Å²) in [6, 6.07) is 17.6. The molecule has 0 spiro atoms. The predicted molar refractivity (Wildman–Crippen MR) is 85.5 cm³/mol. The molecule has 0 aromatic heterocycles. The maximum Gasteiger partial charge on any atom is 0.336 e. The minimum absolute atomic E-state index is 0.147. The molecular weight excluding hydrogens is 276 g/mol. The predicted octanol–water partition coefficient (Wildman–Crippen LogP) is 4.08. The largest absolute Gasteiger partial charge is 0.478 e. The summed E-state index contributed by atoms with van der Waals surface area (Å²) in [5, 5.41) is 10.6. The van der Waals surface area contributed by atoms with Crippen molar-refractivity contribution in [1.82, 2.24) is 0 Å². The molecule has 0 saturated carbocycles. The van der Waals surface area contributed by atoms with Crippen molar-refractivity contribution in [2.75, 3.05) is 0 Å². The number of carboxylic acids is 1. The minimum atomic E-state index is -1.03. The monoisotopic (exact) mass is 290 g/mol. The van der Waals surface area contributed by atoms with Gasteiger partial charge < -0.3 is 5.11 Å². The van der Waals surface area contributed by atoms with Gasteiger partial charge in [0.05, 0.1) is 5.56 Å². The van der Waals surface area contributed by atoms with Gasteiger partial charge in [-0.15, -0.1) is 0 Å². The summed E-state index contributed by atoms with van der Waals surface area (Å²) in [4.78, 5) is 24.2. The smallest absolute Gasteiger partial charge is 0.336 e. The summed E-state index contributed by atoms with van der Waals surface area (Å²) in [6.45, 7) is 1.95. The van der Waals surface area contributed by atoms with E-state index in [4.69, 9.17) is 0 Å². The van der Waals surface area contributed by atoms with Crippen molar-refractivity contribution in [2.24, 2.45) is 0 Å². The summed E-state index contributed by atoms with van der Waals surface area (Å²) in [6.07, 6.45) is 0. The van der Waals surface area contributed by atoms with Gasteiger partial charge in [0.25, 0.3) is 0 Å². The van der Waals surface area contributed by atoms with Crippen LogP contribution in [0.2, 0.25) is 0 Å². The lowest BCUT2D eigenvalue weighted by Crippen LogP contribution is -2.06. The SMILES string of the molecule is Cc1ccc(C(=O)c2cccc3cccc(C(=O)O)c23)cc1. The van der Waals surface area contributed by atoms with Crippen molar-refractivity contribution in [3.8, 4) is 0 Å². The van der Waals surface area contributed by atoms with Gasteiger partial charge in [0.15, 0.2) is 5.78 Å². The number of hydrogen-bond donors (Lipinski definition) is 1. The van der Waals surface area contributed by atoms with Gasteiger partial charge in [-0.1, -0.05) is 60.2 Å². The molecule has 108 valence electrons. The lowest BCUT2D eigenvalue weighted by molar-refractivity contribution is 0.0699. The second-order valence-corrected chi connectivity index (χ2v) is 5.21. The fourth-order valence-corrected chi connectivity index (χ4v) is 2.57. The Hall–Kier alpha value is -2.94. The molecule has 3 heteroatoms. The van der Waals surface area contributed by atoms with Gasteiger partial charge in [0, 0.05) is 16.5 Å². The molecule has 3 aromatic carbocycles. The lowest BCUT2D eigenvalue weighted by atomic mass is 9.94. The molecule has 22 heavy (non-hydrogen) atoms. The average molecular weight is 290 g/mol. The molecule has 0 aliphatic heterocycles. The van der Waals surface area contributed by atoms with E-state index in [0.29, 0.717) is 16.5 Å². The van der Waals surface area contributed by atoms with Crippen LogP contribution >= 0.6 is 0 Å². The highest BCUT2D eigenvalue weighted by molar-refractivity contribution is 6.20. The van der Waals surface area contributed by atoms with Crippen LogP contribution in [0, 0.1) is 6.92 Å². The second-order valence-electron chi connectivity index (χ2n) is 5.21. The average Bonchev–Trinajstić information content (AvgIpc) is 2.53. The quantitative estimate of drug-likeness (QED) is 0.739. The molecule has 3 nitrogen and oxygen atoms in total. The Balaban J connectivity index is 2.24. The highest BCUT2D eigenvalue weighted by Crippen LogP contribution is 2.25. The van der Waals surface area contributed by atoms with Gasteiger partial charge >= 0.3 is 5.97 Å². The maximum atomic E-state index is 12.8. The van der Waals surface area contributed by atoms with E-state index in [9.17, 15) is 14.7 Å². The van der Waals surface area contributed by atoms with E-state index in [1.54, 1.807) is 30.3 Å². The Kier molecular flexibility index (Phi) is 3.47. The van der Waals surface area contributed by atoms with Crippen molar-refractivity contribution in [1.29, 1.82) is 0 Å². The number of aryl methyl sites for hydroxylation is 1. The Morgan fingerprint density at radius 3 is 2.00 bits per heavy atom. The molecule has 0 bridgehead atoms. The molecule has 0 radical (unpaired) electrons. The fraction of sp³-hybridized carbons (Fsp3) is 0.0526. The number of aromatic carboxylic acids is 1. The van der Waals surface area contributed by atoms with Gasteiger partial charge in [-0.05, 0) is 18.4 Å². The van der Waals surface area contributed by atoms with Crippen LogP contribution in [0.4, 0.5) is 0 Å². The number of carbonyl (C=O) groups excluding carboxylic acids is 1. The van der Waals surface area contributed by atoms with Gasteiger partial charge in [-0.3, -0.25) is 4.79 Å². The maximum absolute atomic E-state index is 12.8. The van der Waals surface area contributed by atoms with E-state index in [0.717, 1.165) is 10.9 Å². The number of hydrogen-bond acceptors (Lipinski definition) is 2. The number of rotatable bonds is 3. The van der Waals surface area contributed by atoms with Crippen LogP contribution < -0.4 is 0 Å². The second kappa shape index (κ2) is 5.45. The van der Waals surface area contributed by atoms with Crippen LogP contribution in [-0.4, -0.2) is 16.9 Å². The fourth-order valence-electron chi connectivity index (χ4n) is 2.57. The van der Waals surface area contributed by atoms with Gasteiger partial charge in [-0.25, -0.2) is 4.79 Å². The van der Waals surface area contributed by atoms with E-state index < -0.39 is 5.97 Å². The summed E-state index contributed by atoms with van der Waals surface area (Å²) in [5.41, 5.74) is 2.19. The third-order valence-electron chi connectivity index (χ3n) is 3.69. The minimum Gasteiger partial charge on any atom is -0.478 e. The Morgan fingerprint density at radius 2 is 1.41 bits per heavy atom. The molecule has 0 amide bonds. The normalized spacial score (nSPS) is 10.6. The van der Waals surface area contributed by atoms with Crippen molar-refractivity contribution < 1.29 is 14.7 Å². The Morgan fingerprint density at radius 1 is 0.818 bits per heavy atom. The number of carboxylic acid groups (broad SMARTS) is 1. The van der Waals surface area contributed by atoms with Gasteiger partial charge in [0.2, 0.25) is 0 Å². The van der Waals surface area contributed by atoms with E-state index in [1.165, 1.54) is 6.07 Å². The lowest BCUT2D eigenvalue weighted by Gasteiger charge is -2.09. The van der Waals surface area contributed by atoms with E-state index in [1.807, 2.05) is 31.2 Å². The first kappa shape index (κ1) is 14.0. The first-order chi connectivity index (χ1) is 10.6. The first-order valence-corrected chi connectivity index (χ1v) is 6.94. The number of fused-ring (bicyclic) bond motifs is 1.